The van der Waals surface area contributed by atoms with Crippen LogP contribution in [0.25, 0.3) is 11.3 Å². The van der Waals surface area contributed by atoms with E-state index in [0.29, 0.717) is 36.7 Å². The molecule has 2 N–H and O–H groups in total. The Hall–Kier alpha value is -2.63. The number of halogens is 1. The molecule has 38 heavy (non-hydrogen) atoms. The van der Waals surface area contributed by atoms with Crippen molar-refractivity contribution < 1.29 is 23.9 Å². The fraction of sp³-hybridized carbons (Fsp3) is 0.357. The van der Waals surface area contributed by atoms with Crippen LogP contribution in [0.3, 0.4) is 0 Å². The van der Waals surface area contributed by atoms with Crippen LogP contribution in [0.1, 0.15) is 60.4 Å². The SMILES string of the molecule is CC(C)(C)[S@+]([O-])N1Cc2cc(C(=O)NCc3ccc4c(c3)OCO4)nc(-c3cccc(Br)c3)c2[C@@H]1CCO. The van der Waals surface area contributed by atoms with Crippen LogP contribution < -0.4 is 14.8 Å². The highest BCUT2D eigenvalue weighted by Gasteiger charge is 2.44. The van der Waals surface area contributed by atoms with E-state index in [2.05, 4.69) is 21.2 Å². The molecule has 10 heteroatoms. The van der Waals surface area contributed by atoms with E-state index in [9.17, 15) is 14.5 Å². The van der Waals surface area contributed by atoms with Crippen molar-refractivity contribution in [3.05, 3.63) is 75.4 Å². The molecule has 0 bridgehead atoms. The lowest BCUT2D eigenvalue weighted by molar-refractivity contribution is 0.0945. The van der Waals surface area contributed by atoms with Gasteiger partial charge in [-0.15, -0.1) is 4.31 Å². The third kappa shape index (κ3) is 5.41. The maximum atomic E-state index is 13.5. The molecule has 2 aromatic carbocycles. The first-order valence-corrected chi connectivity index (χ1v) is 14.3. The highest BCUT2D eigenvalue weighted by molar-refractivity contribution is 9.10. The number of aromatic nitrogens is 1. The van der Waals surface area contributed by atoms with E-state index in [1.165, 1.54) is 0 Å². The van der Waals surface area contributed by atoms with E-state index >= 15 is 0 Å². The molecule has 0 radical (unpaired) electrons. The van der Waals surface area contributed by atoms with Crippen molar-refractivity contribution in [2.75, 3.05) is 13.4 Å². The van der Waals surface area contributed by atoms with E-state index in [1.807, 2.05) is 67.5 Å². The summed E-state index contributed by atoms with van der Waals surface area (Å²) in [5.74, 6) is 1.04. The number of amides is 1. The van der Waals surface area contributed by atoms with Crippen molar-refractivity contribution in [1.82, 2.24) is 14.6 Å². The number of hydrogen-bond acceptors (Lipinski definition) is 7. The lowest BCUT2D eigenvalue weighted by atomic mass is 9.96. The number of carbonyl (C=O) groups excluding carboxylic acids is 1. The molecule has 2 atom stereocenters. The number of nitrogens with one attached hydrogen (secondary N) is 1. The molecule has 0 spiro atoms. The average Bonchev–Trinajstić information content (AvgIpc) is 3.50. The first-order chi connectivity index (χ1) is 18.2. The number of aliphatic hydroxyl groups is 1. The minimum absolute atomic E-state index is 0.0579. The second-order valence-electron chi connectivity index (χ2n) is 10.3. The molecule has 1 aromatic heterocycles. The minimum atomic E-state index is -1.32. The number of nitrogens with zero attached hydrogens (tertiary/aromatic N) is 2. The molecule has 3 heterocycles. The van der Waals surface area contributed by atoms with Crippen molar-refractivity contribution in [2.45, 2.75) is 51.1 Å². The molecule has 0 saturated heterocycles. The summed E-state index contributed by atoms with van der Waals surface area (Å²) in [5.41, 5.74) is 4.45. The fourth-order valence-electron chi connectivity index (χ4n) is 4.77. The van der Waals surface area contributed by atoms with E-state index < -0.39 is 16.1 Å². The zero-order valence-electron chi connectivity index (χ0n) is 21.5. The molecule has 1 amide bonds. The Morgan fingerprint density at radius 2 is 2.00 bits per heavy atom. The summed E-state index contributed by atoms with van der Waals surface area (Å²) in [7, 11) is 0. The van der Waals surface area contributed by atoms with Gasteiger partial charge in [-0.05, 0) is 68.7 Å². The highest BCUT2D eigenvalue weighted by Crippen LogP contribution is 2.45. The highest BCUT2D eigenvalue weighted by atomic mass is 79.9. The second-order valence-corrected chi connectivity index (χ2v) is 13.4. The van der Waals surface area contributed by atoms with Crippen LogP contribution in [0, 0.1) is 0 Å². The summed E-state index contributed by atoms with van der Waals surface area (Å²) >= 11 is 2.22. The van der Waals surface area contributed by atoms with Crippen molar-refractivity contribution in [2.24, 2.45) is 0 Å². The topological polar surface area (TPSA) is 107 Å². The van der Waals surface area contributed by atoms with E-state index in [1.54, 1.807) is 6.07 Å². The molecule has 0 fully saturated rings. The van der Waals surface area contributed by atoms with Gasteiger partial charge >= 0.3 is 0 Å². The standard InChI is InChI=1S/C28H30BrN3O5S/c1-28(2,3)38(35)32-15-19-13-21(27(34)30-14-17-7-8-23-24(11-17)37-16-36-23)31-26(25(19)22(32)9-10-33)18-5-4-6-20(29)12-18/h4-8,11-13,22,33H,9-10,14-16H2,1-3H3,(H,30,34)/t22-,38-/m0/s1. The Morgan fingerprint density at radius 1 is 1.21 bits per heavy atom. The first kappa shape index (κ1) is 27.0. The van der Waals surface area contributed by atoms with Gasteiger partial charge in [0.25, 0.3) is 5.91 Å². The second kappa shape index (κ2) is 10.9. The van der Waals surface area contributed by atoms with Crippen LogP contribution >= 0.6 is 15.9 Å². The molecular formula is C28H30BrN3O5S. The van der Waals surface area contributed by atoms with E-state index in [4.69, 9.17) is 14.5 Å². The maximum absolute atomic E-state index is 13.5. The van der Waals surface area contributed by atoms with Gasteiger partial charge in [0.2, 0.25) is 6.79 Å². The zero-order valence-corrected chi connectivity index (χ0v) is 23.9. The monoisotopic (exact) mass is 599 g/mol. The molecule has 0 saturated carbocycles. The number of rotatable bonds is 7. The van der Waals surface area contributed by atoms with Gasteiger partial charge in [-0.2, -0.15) is 0 Å². The molecule has 2 aliphatic heterocycles. The molecule has 2 aliphatic rings. The normalized spacial score (nSPS) is 17.4. The van der Waals surface area contributed by atoms with Crippen molar-refractivity contribution in [3.63, 3.8) is 0 Å². The fourth-order valence-corrected chi connectivity index (χ4v) is 6.57. The smallest absolute Gasteiger partial charge is 0.270 e. The predicted octanol–water partition coefficient (Wildman–Crippen LogP) is 4.87. The quantitative estimate of drug-likeness (QED) is 0.373. The van der Waals surface area contributed by atoms with Gasteiger partial charge in [-0.25, -0.2) is 4.98 Å². The number of benzene rings is 2. The third-order valence-corrected chi connectivity index (χ3v) is 8.86. The summed E-state index contributed by atoms with van der Waals surface area (Å²) in [6, 6.07) is 14.8. The zero-order chi connectivity index (χ0) is 27.0. The number of hydrogen-bond donors (Lipinski definition) is 2. The van der Waals surface area contributed by atoms with Crippen molar-refractivity contribution >= 4 is 33.2 Å². The Kier molecular flexibility index (Phi) is 7.70. The Bertz CT molecular complexity index is 1360. The van der Waals surface area contributed by atoms with Gasteiger partial charge in [-0.1, -0.05) is 34.1 Å². The van der Waals surface area contributed by atoms with Crippen LogP contribution in [-0.4, -0.2) is 43.0 Å². The molecule has 5 rings (SSSR count). The molecular weight excluding hydrogens is 570 g/mol. The number of aliphatic hydroxyl groups excluding tert-OH is 1. The summed E-state index contributed by atoms with van der Waals surface area (Å²) < 4.78 is 26.6. The molecule has 0 unspecified atom stereocenters. The first-order valence-electron chi connectivity index (χ1n) is 12.4. The van der Waals surface area contributed by atoms with Gasteiger partial charge in [0.15, 0.2) is 11.5 Å². The summed E-state index contributed by atoms with van der Waals surface area (Å²) in [6.07, 6.45) is 0.410. The molecule has 0 aliphatic carbocycles. The average molecular weight is 601 g/mol. The lowest BCUT2D eigenvalue weighted by Gasteiger charge is -2.33. The number of fused-ring (bicyclic) bond motifs is 2. The van der Waals surface area contributed by atoms with Gasteiger partial charge in [0.05, 0.1) is 18.3 Å². The van der Waals surface area contributed by atoms with Gasteiger partial charge in [-0.3, -0.25) is 4.79 Å². The number of carbonyl (C=O) groups is 1. The lowest BCUT2D eigenvalue weighted by Crippen LogP contribution is -2.42. The van der Waals surface area contributed by atoms with Crippen LogP contribution in [-0.2, 0) is 24.5 Å². The summed E-state index contributed by atoms with van der Waals surface area (Å²) in [6.45, 7) is 6.64. The Morgan fingerprint density at radius 3 is 2.74 bits per heavy atom. The Labute approximate surface area is 233 Å². The van der Waals surface area contributed by atoms with Crippen LogP contribution in [0.4, 0.5) is 0 Å². The minimum Gasteiger partial charge on any atom is -0.597 e. The Balaban J connectivity index is 1.50. The van der Waals surface area contributed by atoms with Crippen LogP contribution in [0.2, 0.25) is 0 Å². The number of pyridine rings is 1. The number of ether oxygens (including phenoxy) is 2. The molecule has 200 valence electrons. The van der Waals surface area contributed by atoms with Gasteiger partial charge < -0.3 is 24.4 Å². The van der Waals surface area contributed by atoms with Gasteiger partial charge in [0, 0.05) is 40.1 Å². The van der Waals surface area contributed by atoms with Crippen LogP contribution in [0.5, 0.6) is 11.5 Å². The van der Waals surface area contributed by atoms with E-state index in [-0.39, 0.29) is 31.0 Å². The summed E-state index contributed by atoms with van der Waals surface area (Å²) in [5, 5.41) is 12.9. The van der Waals surface area contributed by atoms with Crippen LogP contribution in [0.15, 0.2) is 53.0 Å². The predicted molar refractivity (Wildman–Crippen MR) is 149 cm³/mol. The largest absolute Gasteiger partial charge is 0.597 e. The van der Waals surface area contributed by atoms with Crippen molar-refractivity contribution in [3.8, 4) is 22.8 Å². The van der Waals surface area contributed by atoms with Gasteiger partial charge in [0.1, 0.15) is 10.4 Å². The summed E-state index contributed by atoms with van der Waals surface area (Å²) in [4.78, 5) is 18.2. The third-order valence-electron chi connectivity index (χ3n) is 6.51. The maximum Gasteiger partial charge on any atom is 0.270 e. The van der Waals surface area contributed by atoms with E-state index in [0.717, 1.165) is 26.7 Å². The molecule has 8 nitrogen and oxygen atoms in total. The van der Waals surface area contributed by atoms with Crippen molar-refractivity contribution in [1.29, 1.82) is 0 Å². The molecule has 3 aromatic rings.